The summed E-state index contributed by atoms with van der Waals surface area (Å²) in [6, 6.07) is 5.03. The Balaban J connectivity index is 1.92. The fourth-order valence-corrected chi connectivity index (χ4v) is 4.37. The van der Waals surface area contributed by atoms with Crippen LogP contribution >= 0.6 is 11.3 Å². The van der Waals surface area contributed by atoms with Gasteiger partial charge in [-0.05, 0) is 36.8 Å². The number of nitrogens with one attached hydrogen (secondary N) is 1. The molecular weight excluding hydrogens is 366 g/mol. The molecule has 0 fully saturated rings. The van der Waals surface area contributed by atoms with Crippen LogP contribution in [0.15, 0.2) is 18.2 Å². The summed E-state index contributed by atoms with van der Waals surface area (Å²) >= 11 is 1.52. The zero-order valence-electron chi connectivity index (χ0n) is 15.9. The minimum Gasteiger partial charge on any atom is -0.493 e. The van der Waals surface area contributed by atoms with Gasteiger partial charge in [0.05, 0.1) is 37.5 Å². The summed E-state index contributed by atoms with van der Waals surface area (Å²) in [7, 11) is 4.27. The van der Waals surface area contributed by atoms with Gasteiger partial charge in [0.15, 0.2) is 11.5 Å². The summed E-state index contributed by atoms with van der Waals surface area (Å²) < 4.78 is 15.4. The topological polar surface area (TPSA) is 73.9 Å². The smallest absolute Gasteiger partial charge is 0.340 e. The van der Waals surface area contributed by atoms with Crippen LogP contribution in [0, 0.1) is 5.92 Å². The zero-order valence-corrected chi connectivity index (χ0v) is 16.7. The molecule has 1 amide bonds. The summed E-state index contributed by atoms with van der Waals surface area (Å²) in [6.07, 6.45) is 3.16. The van der Waals surface area contributed by atoms with Crippen molar-refractivity contribution >= 4 is 28.9 Å². The van der Waals surface area contributed by atoms with Crippen LogP contribution in [0.4, 0.5) is 5.69 Å². The van der Waals surface area contributed by atoms with Crippen molar-refractivity contribution in [3.63, 3.8) is 0 Å². The number of esters is 1. The maximum absolute atomic E-state index is 12.8. The van der Waals surface area contributed by atoms with Crippen LogP contribution in [-0.4, -0.2) is 33.2 Å². The van der Waals surface area contributed by atoms with E-state index in [-0.39, 0.29) is 11.5 Å². The van der Waals surface area contributed by atoms with Crippen molar-refractivity contribution in [1.82, 2.24) is 0 Å². The number of hydrogen-bond acceptors (Lipinski definition) is 6. The Hall–Kier alpha value is -2.54. The Morgan fingerprint density at radius 1 is 1.11 bits per heavy atom. The molecule has 0 saturated carbocycles. The average molecular weight is 389 g/mol. The summed E-state index contributed by atoms with van der Waals surface area (Å²) in [5, 5.41) is 2.82. The first-order valence-electron chi connectivity index (χ1n) is 8.74. The summed E-state index contributed by atoms with van der Waals surface area (Å²) in [5.41, 5.74) is 1.78. The largest absolute Gasteiger partial charge is 0.493 e. The predicted molar refractivity (Wildman–Crippen MR) is 104 cm³/mol. The van der Waals surface area contributed by atoms with Crippen molar-refractivity contribution in [2.45, 2.75) is 26.2 Å². The third kappa shape index (κ3) is 3.93. The highest BCUT2D eigenvalue weighted by molar-refractivity contribution is 7.14. The third-order valence-corrected chi connectivity index (χ3v) is 5.97. The molecule has 27 heavy (non-hydrogen) atoms. The van der Waals surface area contributed by atoms with Crippen molar-refractivity contribution in [3.05, 3.63) is 39.1 Å². The van der Waals surface area contributed by atoms with Crippen LogP contribution in [0.25, 0.3) is 0 Å². The molecule has 1 aromatic heterocycles. The second-order valence-electron chi connectivity index (χ2n) is 6.61. The normalized spacial score (nSPS) is 15.6. The number of fused-ring (bicyclic) bond motifs is 1. The van der Waals surface area contributed by atoms with Crippen molar-refractivity contribution in [1.29, 1.82) is 0 Å². The first-order chi connectivity index (χ1) is 13.0. The van der Waals surface area contributed by atoms with Crippen LogP contribution in [0.2, 0.25) is 0 Å². The van der Waals surface area contributed by atoms with E-state index in [0.29, 0.717) is 28.0 Å². The Morgan fingerprint density at radius 2 is 1.81 bits per heavy atom. The Kier molecular flexibility index (Phi) is 5.70. The van der Waals surface area contributed by atoms with Crippen LogP contribution in [0.1, 0.15) is 43.8 Å². The number of methoxy groups -OCH3 is 3. The molecular formula is C20H23NO5S. The average Bonchev–Trinajstić information content (AvgIpc) is 3.10. The second-order valence-corrected chi connectivity index (χ2v) is 7.74. The minimum atomic E-state index is -0.564. The van der Waals surface area contributed by atoms with Crippen LogP contribution in [0.5, 0.6) is 11.5 Å². The van der Waals surface area contributed by atoms with E-state index in [9.17, 15) is 9.59 Å². The number of rotatable bonds is 5. The number of thiophene rings is 1. The van der Waals surface area contributed by atoms with Gasteiger partial charge in [-0.2, -0.15) is 0 Å². The van der Waals surface area contributed by atoms with Gasteiger partial charge in [0.25, 0.3) is 5.91 Å². The molecule has 1 heterocycles. The highest BCUT2D eigenvalue weighted by atomic mass is 32.1. The maximum atomic E-state index is 12.8. The number of aryl methyl sites for hydroxylation is 1. The van der Waals surface area contributed by atoms with E-state index in [2.05, 4.69) is 12.2 Å². The fraction of sp³-hybridized carbons (Fsp3) is 0.400. The predicted octanol–water partition coefficient (Wildman–Crippen LogP) is 3.93. The van der Waals surface area contributed by atoms with E-state index < -0.39 is 5.97 Å². The SMILES string of the molecule is COC(=O)c1cc(OC)c(OC)cc1NC(=O)c1cc2c(s1)CC[C@@H](C)C2. The molecule has 7 heteroatoms. The number of benzene rings is 1. The molecule has 1 aliphatic rings. The maximum Gasteiger partial charge on any atom is 0.340 e. The molecule has 6 nitrogen and oxygen atoms in total. The fourth-order valence-electron chi connectivity index (χ4n) is 3.26. The van der Waals surface area contributed by atoms with Gasteiger partial charge in [0, 0.05) is 17.0 Å². The number of anilines is 1. The highest BCUT2D eigenvalue weighted by Crippen LogP contribution is 2.35. The molecule has 2 aromatic rings. The van der Waals surface area contributed by atoms with Crippen LogP contribution in [-0.2, 0) is 17.6 Å². The summed E-state index contributed by atoms with van der Waals surface area (Å²) in [5.74, 6) is 0.626. The lowest BCUT2D eigenvalue weighted by atomic mass is 9.90. The lowest BCUT2D eigenvalue weighted by Gasteiger charge is -2.16. The van der Waals surface area contributed by atoms with Gasteiger partial charge in [-0.25, -0.2) is 4.79 Å². The Bertz CT molecular complexity index is 873. The van der Waals surface area contributed by atoms with Crippen molar-refractivity contribution in [2.24, 2.45) is 5.92 Å². The van der Waals surface area contributed by atoms with E-state index in [0.717, 1.165) is 19.3 Å². The second kappa shape index (κ2) is 8.00. The van der Waals surface area contributed by atoms with E-state index in [1.54, 1.807) is 6.07 Å². The molecule has 3 rings (SSSR count). The molecule has 1 N–H and O–H groups in total. The summed E-state index contributed by atoms with van der Waals surface area (Å²) in [6.45, 7) is 2.23. The zero-order chi connectivity index (χ0) is 19.6. The van der Waals surface area contributed by atoms with Crippen molar-refractivity contribution < 1.29 is 23.8 Å². The van der Waals surface area contributed by atoms with Crippen molar-refractivity contribution in [3.8, 4) is 11.5 Å². The standard InChI is InChI=1S/C20H23NO5S/c1-11-5-6-17-12(7-11)8-18(27-17)19(22)21-14-10-16(25-3)15(24-2)9-13(14)20(23)26-4/h8-11H,5-7H2,1-4H3,(H,21,22)/t11-/m1/s1. The highest BCUT2D eigenvalue weighted by Gasteiger charge is 2.23. The molecule has 1 atom stereocenters. The first kappa shape index (κ1) is 19.2. The Labute approximate surface area is 162 Å². The van der Waals surface area contributed by atoms with E-state index in [1.165, 1.54) is 49.2 Å². The third-order valence-electron chi connectivity index (χ3n) is 4.73. The van der Waals surface area contributed by atoms with Crippen LogP contribution < -0.4 is 14.8 Å². The van der Waals surface area contributed by atoms with Gasteiger partial charge < -0.3 is 19.5 Å². The van der Waals surface area contributed by atoms with Gasteiger partial charge >= 0.3 is 5.97 Å². The molecule has 144 valence electrons. The number of carbonyl (C=O) groups excluding carboxylic acids is 2. The minimum absolute atomic E-state index is 0.207. The van der Waals surface area contributed by atoms with E-state index in [1.807, 2.05) is 6.07 Å². The van der Waals surface area contributed by atoms with Crippen LogP contribution in [0.3, 0.4) is 0 Å². The first-order valence-corrected chi connectivity index (χ1v) is 9.55. The van der Waals surface area contributed by atoms with Crippen molar-refractivity contribution in [2.75, 3.05) is 26.6 Å². The molecule has 1 aliphatic carbocycles. The molecule has 0 bridgehead atoms. The van der Waals surface area contributed by atoms with Gasteiger partial charge in [-0.3, -0.25) is 4.79 Å². The molecule has 0 unspecified atom stereocenters. The number of amides is 1. The van der Waals surface area contributed by atoms with E-state index >= 15 is 0 Å². The number of hydrogen-bond donors (Lipinski definition) is 1. The number of ether oxygens (including phenoxy) is 3. The molecule has 0 spiro atoms. The molecule has 0 radical (unpaired) electrons. The molecule has 0 aliphatic heterocycles. The molecule has 0 saturated heterocycles. The molecule has 1 aromatic carbocycles. The van der Waals surface area contributed by atoms with Gasteiger partial charge in [0.1, 0.15) is 0 Å². The lowest BCUT2D eigenvalue weighted by Crippen LogP contribution is -2.15. The van der Waals surface area contributed by atoms with Gasteiger partial charge in [-0.1, -0.05) is 6.92 Å². The monoisotopic (exact) mass is 389 g/mol. The lowest BCUT2D eigenvalue weighted by molar-refractivity contribution is 0.0601. The summed E-state index contributed by atoms with van der Waals surface area (Å²) in [4.78, 5) is 26.9. The Morgan fingerprint density at radius 3 is 2.48 bits per heavy atom. The van der Waals surface area contributed by atoms with E-state index in [4.69, 9.17) is 14.2 Å². The number of carbonyl (C=O) groups is 2. The van der Waals surface area contributed by atoms with Gasteiger partial charge in [-0.15, -0.1) is 11.3 Å². The quantitative estimate of drug-likeness (QED) is 0.785. The van der Waals surface area contributed by atoms with Gasteiger partial charge in [0.2, 0.25) is 0 Å².